The molecule has 0 atom stereocenters. The van der Waals surface area contributed by atoms with Crippen LogP contribution in [0.2, 0.25) is 0 Å². The van der Waals surface area contributed by atoms with E-state index in [1.165, 1.54) is 0 Å². The largest absolute Gasteiger partial charge is 0.461 e. The molecule has 17 heavy (non-hydrogen) atoms. The number of aryl methyl sites for hydroxylation is 2. The van der Waals surface area contributed by atoms with Crippen molar-refractivity contribution in [2.45, 2.75) is 20.8 Å². The lowest BCUT2D eigenvalue weighted by atomic mass is 10.3. The molecular formula is C12H13BrN2O2. The van der Waals surface area contributed by atoms with Gasteiger partial charge in [0.05, 0.1) is 16.8 Å². The molecule has 2 aromatic heterocycles. The molecule has 0 aromatic carbocycles. The number of aromatic nitrogens is 2. The number of esters is 1. The van der Waals surface area contributed by atoms with E-state index in [0.29, 0.717) is 18.0 Å². The molecular weight excluding hydrogens is 284 g/mol. The van der Waals surface area contributed by atoms with Crippen molar-refractivity contribution in [3.63, 3.8) is 0 Å². The number of imidazole rings is 1. The zero-order chi connectivity index (χ0) is 12.6. The maximum absolute atomic E-state index is 11.8. The van der Waals surface area contributed by atoms with Crippen LogP contribution in [0.5, 0.6) is 0 Å². The fourth-order valence-corrected chi connectivity index (χ4v) is 2.14. The molecule has 0 unspecified atom stereocenters. The lowest BCUT2D eigenvalue weighted by Gasteiger charge is -2.04. The van der Waals surface area contributed by atoms with Crippen molar-refractivity contribution >= 4 is 27.5 Å². The molecule has 0 spiro atoms. The standard InChI is InChI=1S/C12H13BrN2O2/c1-4-17-12(16)10-8(3)14-11-9(13)7(2)5-6-15(10)11/h5-6H,4H2,1-3H3. The number of ether oxygens (including phenoxy) is 1. The number of nitrogens with zero attached hydrogens (tertiary/aromatic N) is 2. The molecule has 0 aliphatic heterocycles. The van der Waals surface area contributed by atoms with Gasteiger partial charge >= 0.3 is 5.97 Å². The van der Waals surface area contributed by atoms with Crippen molar-refractivity contribution in [2.24, 2.45) is 0 Å². The second-order valence-corrected chi connectivity index (χ2v) is 4.57. The summed E-state index contributed by atoms with van der Waals surface area (Å²) < 4.78 is 7.69. The molecule has 0 radical (unpaired) electrons. The van der Waals surface area contributed by atoms with Crippen LogP contribution in [-0.2, 0) is 4.74 Å². The monoisotopic (exact) mass is 296 g/mol. The third kappa shape index (κ3) is 1.95. The van der Waals surface area contributed by atoms with Gasteiger partial charge in [-0.2, -0.15) is 0 Å². The number of pyridine rings is 1. The molecule has 0 N–H and O–H groups in total. The third-order valence-electron chi connectivity index (χ3n) is 2.57. The second kappa shape index (κ2) is 4.49. The van der Waals surface area contributed by atoms with E-state index in [0.717, 1.165) is 15.7 Å². The van der Waals surface area contributed by atoms with Crippen LogP contribution in [0, 0.1) is 13.8 Å². The molecule has 5 heteroatoms. The minimum atomic E-state index is -0.340. The minimum Gasteiger partial charge on any atom is -0.461 e. The summed E-state index contributed by atoms with van der Waals surface area (Å²) in [7, 11) is 0. The van der Waals surface area contributed by atoms with E-state index in [9.17, 15) is 4.79 Å². The summed E-state index contributed by atoms with van der Waals surface area (Å²) in [4.78, 5) is 16.2. The van der Waals surface area contributed by atoms with Crippen LogP contribution in [0.3, 0.4) is 0 Å². The molecule has 4 nitrogen and oxygen atoms in total. The SMILES string of the molecule is CCOC(=O)c1c(C)nc2c(Br)c(C)ccn12. The van der Waals surface area contributed by atoms with Gasteiger partial charge in [0, 0.05) is 6.20 Å². The lowest BCUT2D eigenvalue weighted by Crippen LogP contribution is -2.09. The van der Waals surface area contributed by atoms with Crippen LogP contribution in [-0.4, -0.2) is 22.0 Å². The maximum atomic E-state index is 11.8. The van der Waals surface area contributed by atoms with Crippen LogP contribution >= 0.6 is 15.9 Å². The van der Waals surface area contributed by atoms with Crippen LogP contribution in [0.1, 0.15) is 28.7 Å². The van der Waals surface area contributed by atoms with Gasteiger partial charge in [0.15, 0.2) is 11.3 Å². The highest BCUT2D eigenvalue weighted by Crippen LogP contribution is 2.24. The van der Waals surface area contributed by atoms with E-state index in [4.69, 9.17) is 4.74 Å². The Bertz CT molecular complexity index is 590. The molecule has 0 amide bonds. The average molecular weight is 297 g/mol. The fraction of sp³-hybridized carbons (Fsp3) is 0.333. The minimum absolute atomic E-state index is 0.340. The number of hydrogen-bond donors (Lipinski definition) is 0. The molecule has 0 saturated heterocycles. The van der Waals surface area contributed by atoms with E-state index < -0.39 is 0 Å². The predicted molar refractivity (Wildman–Crippen MR) is 68.3 cm³/mol. The Morgan fingerprint density at radius 2 is 2.24 bits per heavy atom. The Balaban J connectivity index is 2.69. The first-order valence-electron chi connectivity index (χ1n) is 5.37. The van der Waals surface area contributed by atoms with Gasteiger partial charge < -0.3 is 4.74 Å². The summed E-state index contributed by atoms with van der Waals surface area (Å²) in [5.41, 5.74) is 2.99. The smallest absolute Gasteiger partial charge is 0.357 e. The van der Waals surface area contributed by atoms with Gasteiger partial charge in [-0.1, -0.05) is 0 Å². The number of carbonyl (C=O) groups excluding carboxylic acids is 1. The first-order valence-corrected chi connectivity index (χ1v) is 6.16. The molecule has 90 valence electrons. The van der Waals surface area contributed by atoms with Gasteiger partial charge in [0.1, 0.15) is 0 Å². The Morgan fingerprint density at radius 3 is 2.88 bits per heavy atom. The van der Waals surface area contributed by atoms with Crippen LogP contribution in [0.25, 0.3) is 5.65 Å². The number of rotatable bonds is 2. The number of hydrogen-bond acceptors (Lipinski definition) is 3. The van der Waals surface area contributed by atoms with Gasteiger partial charge in [-0.15, -0.1) is 0 Å². The average Bonchev–Trinajstić information content (AvgIpc) is 2.61. The van der Waals surface area contributed by atoms with Crippen LogP contribution in [0.15, 0.2) is 16.7 Å². The molecule has 0 aliphatic rings. The first-order chi connectivity index (χ1) is 8.06. The predicted octanol–water partition coefficient (Wildman–Crippen LogP) is 2.89. The van der Waals surface area contributed by atoms with E-state index in [1.807, 2.05) is 19.2 Å². The van der Waals surface area contributed by atoms with E-state index in [2.05, 4.69) is 20.9 Å². The molecule has 0 aliphatic carbocycles. The van der Waals surface area contributed by atoms with Gasteiger partial charge in [-0.3, -0.25) is 4.40 Å². The third-order valence-corrected chi connectivity index (χ3v) is 3.55. The summed E-state index contributed by atoms with van der Waals surface area (Å²) in [6.07, 6.45) is 1.84. The molecule has 2 aromatic rings. The van der Waals surface area contributed by atoms with Gasteiger partial charge in [0.25, 0.3) is 0 Å². The zero-order valence-electron chi connectivity index (χ0n) is 9.95. The molecule has 0 bridgehead atoms. The van der Waals surface area contributed by atoms with Crippen LogP contribution in [0.4, 0.5) is 0 Å². The summed E-state index contributed by atoms with van der Waals surface area (Å²) in [6, 6.07) is 1.93. The van der Waals surface area contributed by atoms with Crippen molar-refractivity contribution in [1.29, 1.82) is 0 Å². The molecule has 0 saturated carbocycles. The maximum Gasteiger partial charge on any atom is 0.357 e. The van der Waals surface area contributed by atoms with Gasteiger partial charge in [-0.05, 0) is 48.3 Å². The van der Waals surface area contributed by atoms with Crippen molar-refractivity contribution in [2.75, 3.05) is 6.61 Å². The highest BCUT2D eigenvalue weighted by Gasteiger charge is 2.19. The van der Waals surface area contributed by atoms with E-state index >= 15 is 0 Å². The Kier molecular flexibility index (Phi) is 3.19. The van der Waals surface area contributed by atoms with Crippen molar-refractivity contribution in [1.82, 2.24) is 9.38 Å². The van der Waals surface area contributed by atoms with Gasteiger partial charge in [0.2, 0.25) is 0 Å². The molecule has 2 rings (SSSR count). The number of halogens is 1. The quantitative estimate of drug-likeness (QED) is 0.801. The normalized spacial score (nSPS) is 10.8. The Hall–Kier alpha value is -1.36. The topological polar surface area (TPSA) is 43.6 Å². The fourth-order valence-electron chi connectivity index (χ4n) is 1.73. The van der Waals surface area contributed by atoms with E-state index in [1.54, 1.807) is 18.2 Å². The summed E-state index contributed by atoms with van der Waals surface area (Å²) in [5, 5.41) is 0. The van der Waals surface area contributed by atoms with Crippen molar-refractivity contribution < 1.29 is 9.53 Å². The molecule has 0 fully saturated rings. The number of fused-ring (bicyclic) bond motifs is 1. The lowest BCUT2D eigenvalue weighted by molar-refractivity contribution is 0.0517. The van der Waals surface area contributed by atoms with Crippen molar-refractivity contribution in [3.8, 4) is 0 Å². The summed E-state index contributed by atoms with van der Waals surface area (Å²) >= 11 is 3.48. The zero-order valence-corrected chi connectivity index (χ0v) is 11.5. The Morgan fingerprint density at radius 1 is 1.53 bits per heavy atom. The Labute approximate surface area is 108 Å². The second-order valence-electron chi connectivity index (χ2n) is 3.77. The summed E-state index contributed by atoms with van der Waals surface area (Å²) in [5.74, 6) is -0.340. The highest BCUT2D eigenvalue weighted by atomic mass is 79.9. The molecule has 2 heterocycles. The van der Waals surface area contributed by atoms with Crippen molar-refractivity contribution in [3.05, 3.63) is 33.7 Å². The summed E-state index contributed by atoms with van der Waals surface area (Å²) in [6.45, 7) is 5.94. The highest BCUT2D eigenvalue weighted by molar-refractivity contribution is 9.10. The van der Waals surface area contributed by atoms with Gasteiger partial charge in [-0.25, -0.2) is 9.78 Å². The van der Waals surface area contributed by atoms with E-state index in [-0.39, 0.29) is 5.97 Å². The van der Waals surface area contributed by atoms with Crippen LogP contribution < -0.4 is 0 Å². The first kappa shape index (κ1) is 12.1. The number of carbonyl (C=O) groups is 1.